The third-order valence-corrected chi connectivity index (χ3v) is 3.61. The number of halogens is 1. The molecule has 1 unspecified atom stereocenters. The van der Waals surface area contributed by atoms with E-state index >= 15 is 0 Å². The van der Waals surface area contributed by atoms with Crippen molar-refractivity contribution in [1.29, 1.82) is 0 Å². The zero-order valence-electron chi connectivity index (χ0n) is 11.9. The number of methoxy groups -OCH3 is 1. The highest BCUT2D eigenvalue weighted by Crippen LogP contribution is 2.31. The van der Waals surface area contributed by atoms with Crippen molar-refractivity contribution >= 4 is 10.9 Å². The van der Waals surface area contributed by atoms with Crippen molar-refractivity contribution in [3.8, 4) is 5.75 Å². The zero-order chi connectivity index (χ0) is 15.0. The third kappa shape index (κ3) is 2.25. The van der Waals surface area contributed by atoms with Gasteiger partial charge in [0.15, 0.2) is 0 Å². The zero-order valence-corrected chi connectivity index (χ0v) is 11.9. The highest BCUT2D eigenvalue weighted by molar-refractivity contribution is 5.82. The number of hydrogen-bond acceptors (Lipinski definition) is 3. The number of aromatic nitrogens is 2. The summed E-state index contributed by atoms with van der Waals surface area (Å²) in [5, 5.41) is 5.44. The molecule has 5 heteroatoms. The van der Waals surface area contributed by atoms with Gasteiger partial charge in [0, 0.05) is 18.0 Å². The minimum atomic E-state index is -0.554. The van der Waals surface area contributed by atoms with Crippen molar-refractivity contribution in [3.63, 3.8) is 0 Å². The Kier molecular flexibility index (Phi) is 3.35. The van der Waals surface area contributed by atoms with Crippen LogP contribution in [0.5, 0.6) is 5.75 Å². The minimum Gasteiger partial charge on any atom is -0.496 e. The molecular weight excluding hydrogens is 269 g/mol. The number of para-hydroxylation sites is 1. The van der Waals surface area contributed by atoms with E-state index in [-0.39, 0.29) is 5.82 Å². The molecule has 2 N–H and O–H groups in total. The molecule has 0 aliphatic carbocycles. The maximum atomic E-state index is 13.5. The molecule has 3 rings (SSSR count). The van der Waals surface area contributed by atoms with Crippen LogP contribution in [0, 0.1) is 5.82 Å². The van der Waals surface area contributed by atoms with Crippen molar-refractivity contribution < 1.29 is 9.13 Å². The predicted octanol–water partition coefficient (Wildman–Crippen LogP) is 2.77. The summed E-state index contributed by atoms with van der Waals surface area (Å²) in [5.74, 6) is 0.208. The Morgan fingerprint density at radius 3 is 2.76 bits per heavy atom. The fraction of sp³-hybridized carbons (Fsp3) is 0.188. The van der Waals surface area contributed by atoms with Crippen LogP contribution in [0.3, 0.4) is 0 Å². The quantitative estimate of drug-likeness (QED) is 0.805. The average Bonchev–Trinajstić information content (AvgIpc) is 2.84. The molecule has 0 spiro atoms. The molecule has 2 aromatic carbocycles. The lowest BCUT2D eigenvalue weighted by molar-refractivity contribution is 0.406. The van der Waals surface area contributed by atoms with E-state index in [2.05, 4.69) is 5.10 Å². The average molecular weight is 285 g/mol. The van der Waals surface area contributed by atoms with Gasteiger partial charge >= 0.3 is 0 Å². The lowest BCUT2D eigenvalue weighted by Crippen LogP contribution is -2.14. The van der Waals surface area contributed by atoms with Gasteiger partial charge in [-0.15, -0.1) is 0 Å². The Morgan fingerprint density at radius 1 is 1.24 bits per heavy atom. The van der Waals surface area contributed by atoms with Crippen LogP contribution in [0.4, 0.5) is 4.39 Å². The number of hydrogen-bond donors (Lipinski definition) is 1. The van der Waals surface area contributed by atoms with Crippen molar-refractivity contribution in [2.24, 2.45) is 12.8 Å². The van der Waals surface area contributed by atoms with Gasteiger partial charge in [-0.1, -0.05) is 18.2 Å². The molecule has 1 atom stereocenters. The van der Waals surface area contributed by atoms with Crippen LogP contribution in [0.2, 0.25) is 0 Å². The first-order valence-electron chi connectivity index (χ1n) is 6.62. The summed E-state index contributed by atoms with van der Waals surface area (Å²) in [6.07, 6.45) is 0. The molecule has 0 amide bonds. The molecule has 0 fully saturated rings. The van der Waals surface area contributed by atoms with E-state index in [1.54, 1.807) is 17.9 Å². The first-order chi connectivity index (χ1) is 10.1. The summed E-state index contributed by atoms with van der Waals surface area (Å²) in [6.45, 7) is 0. The monoisotopic (exact) mass is 285 g/mol. The summed E-state index contributed by atoms with van der Waals surface area (Å²) in [5.41, 5.74) is 8.59. The summed E-state index contributed by atoms with van der Waals surface area (Å²) < 4.78 is 20.6. The molecule has 0 bridgehead atoms. The van der Waals surface area contributed by atoms with Crippen molar-refractivity contribution in [1.82, 2.24) is 9.78 Å². The lowest BCUT2D eigenvalue weighted by atomic mass is 10.0. The van der Waals surface area contributed by atoms with E-state index in [4.69, 9.17) is 10.5 Å². The molecule has 21 heavy (non-hydrogen) atoms. The number of fused-ring (bicyclic) bond motifs is 1. The standard InChI is InChI=1S/C16H16FN3O/c1-20-13-6-4-3-5-11(13)16(19-20)15(18)12-9-10(17)7-8-14(12)21-2/h3-9,15H,18H2,1-2H3. The predicted molar refractivity (Wildman–Crippen MR) is 79.7 cm³/mol. The largest absolute Gasteiger partial charge is 0.496 e. The number of nitrogens with zero attached hydrogens (tertiary/aromatic N) is 2. The van der Waals surface area contributed by atoms with Crippen LogP contribution < -0.4 is 10.5 Å². The summed E-state index contributed by atoms with van der Waals surface area (Å²) >= 11 is 0. The fourth-order valence-electron chi connectivity index (χ4n) is 2.57. The van der Waals surface area contributed by atoms with Gasteiger partial charge in [-0.3, -0.25) is 4.68 Å². The van der Waals surface area contributed by atoms with Crippen molar-refractivity contribution in [2.75, 3.05) is 7.11 Å². The van der Waals surface area contributed by atoms with E-state index in [9.17, 15) is 4.39 Å². The Balaban J connectivity index is 2.17. The number of nitrogens with two attached hydrogens (primary N) is 1. The second-order valence-electron chi connectivity index (χ2n) is 4.89. The first kappa shape index (κ1) is 13.6. The molecule has 1 aromatic heterocycles. The van der Waals surface area contributed by atoms with E-state index in [0.29, 0.717) is 17.0 Å². The molecule has 108 valence electrons. The molecule has 0 aliphatic rings. The van der Waals surface area contributed by atoms with Gasteiger partial charge in [0.25, 0.3) is 0 Å². The van der Waals surface area contributed by atoms with Crippen molar-refractivity contribution in [2.45, 2.75) is 6.04 Å². The molecule has 0 radical (unpaired) electrons. The van der Waals surface area contributed by atoms with E-state index in [1.165, 1.54) is 12.1 Å². The smallest absolute Gasteiger partial charge is 0.124 e. The van der Waals surface area contributed by atoms with Crippen LogP contribution >= 0.6 is 0 Å². The fourth-order valence-corrected chi connectivity index (χ4v) is 2.57. The molecule has 4 nitrogen and oxygen atoms in total. The molecule has 0 saturated heterocycles. The summed E-state index contributed by atoms with van der Waals surface area (Å²) in [6, 6.07) is 11.6. The van der Waals surface area contributed by atoms with Gasteiger partial charge in [-0.05, 0) is 24.3 Å². The molecule has 3 aromatic rings. The molecular formula is C16H16FN3O. The van der Waals surface area contributed by atoms with Gasteiger partial charge in [0.2, 0.25) is 0 Å². The van der Waals surface area contributed by atoms with Gasteiger partial charge in [0.05, 0.1) is 24.4 Å². The highest BCUT2D eigenvalue weighted by atomic mass is 19.1. The Bertz CT molecular complexity index is 797. The van der Waals surface area contributed by atoms with Crippen LogP contribution in [0.15, 0.2) is 42.5 Å². The van der Waals surface area contributed by atoms with Gasteiger partial charge in [-0.25, -0.2) is 4.39 Å². The number of rotatable bonds is 3. The number of benzene rings is 2. The Labute approximate surface area is 121 Å². The van der Waals surface area contributed by atoms with Crippen LogP contribution in [-0.2, 0) is 7.05 Å². The molecule has 0 saturated carbocycles. The maximum absolute atomic E-state index is 13.5. The molecule has 1 heterocycles. The Morgan fingerprint density at radius 2 is 2.00 bits per heavy atom. The van der Waals surface area contributed by atoms with Crippen LogP contribution in [-0.4, -0.2) is 16.9 Å². The number of ether oxygens (including phenoxy) is 1. The van der Waals surface area contributed by atoms with Crippen molar-refractivity contribution in [3.05, 3.63) is 59.5 Å². The summed E-state index contributed by atoms with van der Waals surface area (Å²) in [7, 11) is 3.40. The van der Waals surface area contributed by atoms with Gasteiger partial charge < -0.3 is 10.5 Å². The van der Waals surface area contributed by atoms with Gasteiger partial charge in [0.1, 0.15) is 11.6 Å². The topological polar surface area (TPSA) is 53.1 Å². The SMILES string of the molecule is COc1ccc(F)cc1C(N)c1nn(C)c2ccccc12. The van der Waals surface area contributed by atoms with E-state index in [1.807, 2.05) is 31.3 Å². The number of aryl methyl sites for hydroxylation is 1. The third-order valence-electron chi connectivity index (χ3n) is 3.61. The second kappa shape index (κ2) is 5.18. The first-order valence-corrected chi connectivity index (χ1v) is 6.62. The normalized spacial score (nSPS) is 12.6. The second-order valence-corrected chi connectivity index (χ2v) is 4.89. The Hall–Kier alpha value is -2.40. The van der Waals surface area contributed by atoms with Crippen LogP contribution in [0.1, 0.15) is 17.3 Å². The van der Waals surface area contributed by atoms with E-state index in [0.717, 1.165) is 10.9 Å². The van der Waals surface area contributed by atoms with E-state index < -0.39 is 6.04 Å². The maximum Gasteiger partial charge on any atom is 0.124 e. The summed E-state index contributed by atoms with van der Waals surface area (Å²) in [4.78, 5) is 0. The highest BCUT2D eigenvalue weighted by Gasteiger charge is 2.20. The minimum absolute atomic E-state index is 0.346. The van der Waals surface area contributed by atoms with Gasteiger partial charge in [-0.2, -0.15) is 5.10 Å². The molecule has 0 aliphatic heterocycles. The lowest BCUT2D eigenvalue weighted by Gasteiger charge is -2.14. The van der Waals surface area contributed by atoms with Crippen LogP contribution in [0.25, 0.3) is 10.9 Å².